The quantitative estimate of drug-likeness (QED) is 0.810. The minimum absolute atomic E-state index is 0.0256. The molecule has 1 heteroatoms. The molecule has 16 heavy (non-hydrogen) atoms. The Hall–Kier alpha value is -1.60. The molecule has 0 aliphatic heterocycles. The van der Waals surface area contributed by atoms with Crippen molar-refractivity contribution in [3.63, 3.8) is 0 Å². The summed E-state index contributed by atoms with van der Waals surface area (Å²) in [6.07, 6.45) is 0. The molecule has 0 heterocycles. The van der Waals surface area contributed by atoms with E-state index < -0.39 is 0 Å². The second-order valence-electron chi connectivity index (χ2n) is 4.19. The lowest BCUT2D eigenvalue weighted by molar-refractivity contribution is 0.851. The highest BCUT2D eigenvalue weighted by molar-refractivity contribution is 5.41. The smallest absolute Gasteiger partial charge is 0.0556 e. The molecule has 0 radical (unpaired) electrons. The first-order valence-corrected chi connectivity index (χ1v) is 5.57. The lowest BCUT2D eigenvalue weighted by Crippen LogP contribution is -2.14. The standard InChI is InChI=1S/C15H17N/c1-11-7-6-8-12(2)14(11)15(16)13-9-4-3-5-10-13/h3-10,15H,16H2,1-2H3. The van der Waals surface area contributed by atoms with E-state index in [1.165, 1.54) is 22.3 Å². The molecule has 2 rings (SSSR count). The second kappa shape index (κ2) is 4.50. The van der Waals surface area contributed by atoms with Gasteiger partial charge in [0.25, 0.3) is 0 Å². The van der Waals surface area contributed by atoms with Crippen LogP contribution < -0.4 is 5.73 Å². The summed E-state index contributed by atoms with van der Waals surface area (Å²) in [6, 6.07) is 16.5. The van der Waals surface area contributed by atoms with Crippen LogP contribution in [0.15, 0.2) is 48.5 Å². The van der Waals surface area contributed by atoms with Crippen molar-refractivity contribution in [1.29, 1.82) is 0 Å². The zero-order chi connectivity index (χ0) is 11.5. The summed E-state index contributed by atoms with van der Waals surface area (Å²) >= 11 is 0. The van der Waals surface area contributed by atoms with Crippen LogP contribution >= 0.6 is 0 Å². The van der Waals surface area contributed by atoms with Crippen LogP contribution in [0.4, 0.5) is 0 Å². The zero-order valence-electron chi connectivity index (χ0n) is 9.77. The Morgan fingerprint density at radius 2 is 1.38 bits per heavy atom. The van der Waals surface area contributed by atoms with Gasteiger partial charge >= 0.3 is 0 Å². The molecular formula is C15H17N. The van der Waals surface area contributed by atoms with Crippen LogP contribution in [0.3, 0.4) is 0 Å². The van der Waals surface area contributed by atoms with Gasteiger partial charge in [-0.1, -0.05) is 48.5 Å². The van der Waals surface area contributed by atoms with E-state index in [1.807, 2.05) is 18.2 Å². The van der Waals surface area contributed by atoms with Crippen LogP contribution in [-0.4, -0.2) is 0 Å². The van der Waals surface area contributed by atoms with E-state index in [-0.39, 0.29) is 6.04 Å². The fraction of sp³-hybridized carbons (Fsp3) is 0.200. The average molecular weight is 211 g/mol. The third kappa shape index (κ3) is 2.00. The lowest BCUT2D eigenvalue weighted by atomic mass is 9.92. The average Bonchev–Trinajstić information content (AvgIpc) is 2.30. The molecule has 0 aliphatic carbocycles. The Labute approximate surface area is 96.9 Å². The van der Waals surface area contributed by atoms with Gasteiger partial charge in [-0.15, -0.1) is 0 Å². The number of rotatable bonds is 2. The van der Waals surface area contributed by atoms with Crippen LogP contribution in [0.1, 0.15) is 28.3 Å². The summed E-state index contributed by atoms with van der Waals surface area (Å²) in [5, 5.41) is 0. The Balaban J connectivity index is 2.46. The molecule has 0 spiro atoms. The van der Waals surface area contributed by atoms with Crippen LogP contribution in [0, 0.1) is 13.8 Å². The fourth-order valence-electron chi connectivity index (χ4n) is 2.14. The third-order valence-corrected chi connectivity index (χ3v) is 3.01. The van der Waals surface area contributed by atoms with Crippen molar-refractivity contribution in [2.24, 2.45) is 5.73 Å². The SMILES string of the molecule is Cc1cccc(C)c1C(N)c1ccccc1. The molecule has 0 saturated carbocycles. The summed E-state index contributed by atoms with van der Waals surface area (Å²) in [5.41, 5.74) is 11.2. The molecule has 0 amide bonds. The highest BCUT2D eigenvalue weighted by Crippen LogP contribution is 2.25. The highest BCUT2D eigenvalue weighted by atomic mass is 14.6. The first-order chi connectivity index (χ1) is 7.70. The summed E-state index contributed by atoms with van der Waals surface area (Å²) in [7, 11) is 0. The Bertz CT molecular complexity index is 454. The molecule has 0 saturated heterocycles. The van der Waals surface area contributed by atoms with Gasteiger partial charge in [0.05, 0.1) is 6.04 Å². The van der Waals surface area contributed by atoms with Crippen LogP contribution in [0.2, 0.25) is 0 Å². The van der Waals surface area contributed by atoms with Crippen LogP contribution in [0.5, 0.6) is 0 Å². The fourth-order valence-corrected chi connectivity index (χ4v) is 2.14. The molecule has 0 fully saturated rings. The van der Waals surface area contributed by atoms with E-state index in [1.54, 1.807) is 0 Å². The van der Waals surface area contributed by atoms with E-state index in [4.69, 9.17) is 5.73 Å². The number of hydrogen-bond donors (Lipinski definition) is 1. The maximum atomic E-state index is 6.32. The predicted octanol–water partition coefficient (Wildman–Crippen LogP) is 3.35. The number of benzene rings is 2. The highest BCUT2D eigenvalue weighted by Gasteiger charge is 2.12. The van der Waals surface area contributed by atoms with Gasteiger partial charge in [-0.25, -0.2) is 0 Å². The maximum absolute atomic E-state index is 6.32. The van der Waals surface area contributed by atoms with Gasteiger partial charge in [0.15, 0.2) is 0 Å². The van der Waals surface area contributed by atoms with Crippen molar-refractivity contribution in [3.05, 3.63) is 70.8 Å². The molecule has 82 valence electrons. The van der Waals surface area contributed by atoms with E-state index in [0.29, 0.717) is 0 Å². The normalized spacial score (nSPS) is 12.4. The van der Waals surface area contributed by atoms with E-state index >= 15 is 0 Å². The first-order valence-electron chi connectivity index (χ1n) is 5.57. The van der Waals surface area contributed by atoms with Crippen LogP contribution in [0.25, 0.3) is 0 Å². The van der Waals surface area contributed by atoms with Gasteiger partial charge < -0.3 is 5.73 Å². The van der Waals surface area contributed by atoms with Gasteiger partial charge in [-0.3, -0.25) is 0 Å². The molecular weight excluding hydrogens is 194 g/mol. The maximum Gasteiger partial charge on any atom is 0.0556 e. The molecule has 2 aromatic rings. The molecule has 1 unspecified atom stereocenters. The first kappa shape index (κ1) is 10.9. The number of aryl methyl sites for hydroxylation is 2. The number of hydrogen-bond acceptors (Lipinski definition) is 1. The minimum Gasteiger partial charge on any atom is -0.320 e. The van der Waals surface area contributed by atoms with Gasteiger partial charge in [0, 0.05) is 0 Å². The largest absolute Gasteiger partial charge is 0.320 e. The molecule has 2 aromatic carbocycles. The summed E-state index contributed by atoms with van der Waals surface area (Å²) in [5.74, 6) is 0. The lowest BCUT2D eigenvalue weighted by Gasteiger charge is -2.17. The number of nitrogens with two attached hydrogens (primary N) is 1. The Morgan fingerprint density at radius 1 is 0.812 bits per heavy atom. The summed E-state index contributed by atoms with van der Waals surface area (Å²) in [6.45, 7) is 4.23. The Kier molecular flexibility index (Phi) is 3.07. The van der Waals surface area contributed by atoms with Crippen molar-refractivity contribution in [1.82, 2.24) is 0 Å². The molecule has 2 N–H and O–H groups in total. The van der Waals surface area contributed by atoms with Gasteiger partial charge in [0.2, 0.25) is 0 Å². The monoisotopic (exact) mass is 211 g/mol. The minimum atomic E-state index is -0.0256. The van der Waals surface area contributed by atoms with Crippen molar-refractivity contribution >= 4 is 0 Å². The Morgan fingerprint density at radius 3 is 1.94 bits per heavy atom. The van der Waals surface area contributed by atoms with E-state index in [9.17, 15) is 0 Å². The van der Waals surface area contributed by atoms with Crippen molar-refractivity contribution in [2.75, 3.05) is 0 Å². The predicted molar refractivity (Wildman–Crippen MR) is 68.4 cm³/mol. The van der Waals surface area contributed by atoms with E-state index in [0.717, 1.165) is 0 Å². The van der Waals surface area contributed by atoms with Gasteiger partial charge in [-0.05, 0) is 36.1 Å². The van der Waals surface area contributed by atoms with Crippen molar-refractivity contribution in [3.8, 4) is 0 Å². The molecule has 1 nitrogen and oxygen atoms in total. The molecule has 0 aromatic heterocycles. The van der Waals surface area contributed by atoms with Crippen LogP contribution in [-0.2, 0) is 0 Å². The molecule has 1 atom stereocenters. The summed E-state index contributed by atoms with van der Waals surface area (Å²) in [4.78, 5) is 0. The summed E-state index contributed by atoms with van der Waals surface area (Å²) < 4.78 is 0. The molecule has 0 aliphatic rings. The zero-order valence-corrected chi connectivity index (χ0v) is 9.77. The van der Waals surface area contributed by atoms with Gasteiger partial charge in [0.1, 0.15) is 0 Å². The molecule has 0 bridgehead atoms. The second-order valence-corrected chi connectivity index (χ2v) is 4.19. The third-order valence-electron chi connectivity index (χ3n) is 3.01. The van der Waals surface area contributed by atoms with E-state index in [2.05, 4.69) is 44.2 Å². The van der Waals surface area contributed by atoms with Gasteiger partial charge in [-0.2, -0.15) is 0 Å². The van der Waals surface area contributed by atoms with Crippen molar-refractivity contribution in [2.45, 2.75) is 19.9 Å². The topological polar surface area (TPSA) is 26.0 Å². The van der Waals surface area contributed by atoms with Crippen molar-refractivity contribution < 1.29 is 0 Å².